The maximum Gasteiger partial charge on any atom is 0.416 e. The monoisotopic (exact) mass is 388 g/mol. The normalized spacial score (nSPS) is 12.7. The van der Waals surface area contributed by atoms with Crippen LogP contribution in [0.4, 0.5) is 13.2 Å². The fourth-order valence-electron chi connectivity index (χ4n) is 2.58. The number of rotatable bonds is 3. The molecule has 0 radical (unpaired) electrons. The number of allylic oxidation sites excluding steroid dienone is 1. The Morgan fingerprint density at radius 2 is 1.38 bits per heavy atom. The quantitative estimate of drug-likeness (QED) is 0.520. The molecule has 0 heterocycles. The van der Waals surface area contributed by atoms with Crippen LogP contribution in [0.1, 0.15) is 5.56 Å². The minimum Gasteiger partial charge on any atom is -0.166 e. The second kappa shape index (κ2) is 7.69. The van der Waals surface area contributed by atoms with Crippen LogP contribution < -0.4 is 10.4 Å². The van der Waals surface area contributed by atoms with E-state index < -0.39 is 27.9 Å². The Morgan fingerprint density at radius 1 is 0.808 bits per heavy atom. The molecule has 0 spiro atoms. The average Bonchev–Trinajstić information content (AvgIpc) is 2.59. The molecule has 0 bridgehead atoms. The fourth-order valence-corrected chi connectivity index (χ4v) is 5.92. The Kier molecular flexibility index (Phi) is 5.99. The van der Waals surface area contributed by atoms with Gasteiger partial charge in [-0.1, -0.05) is 97.6 Å². The lowest BCUT2D eigenvalue weighted by Gasteiger charge is -2.18. The molecule has 0 nitrogen and oxygen atoms in total. The molecular formula is C21H23F3Si2. The summed E-state index contributed by atoms with van der Waals surface area (Å²) in [4.78, 5) is 0. The molecule has 0 saturated heterocycles. The third kappa shape index (κ3) is 5.23. The second-order valence-corrected chi connectivity index (χ2v) is 15.8. The summed E-state index contributed by atoms with van der Waals surface area (Å²) in [5.41, 5.74) is 4.89. The van der Waals surface area contributed by atoms with Crippen LogP contribution >= 0.6 is 0 Å². The number of halogens is 3. The summed E-state index contributed by atoms with van der Waals surface area (Å²) in [6.07, 6.45) is -2.38. The van der Waals surface area contributed by atoms with Crippen LogP contribution in [0.25, 0.3) is 0 Å². The molecule has 2 rings (SSSR count). The predicted octanol–water partition coefficient (Wildman–Crippen LogP) is 4.87. The molecule has 0 unspecified atom stereocenters. The van der Waals surface area contributed by atoms with E-state index >= 15 is 0 Å². The van der Waals surface area contributed by atoms with Gasteiger partial charge in [-0.2, -0.15) is 13.2 Å². The van der Waals surface area contributed by atoms with Gasteiger partial charge in [0.05, 0.1) is 5.56 Å². The summed E-state index contributed by atoms with van der Waals surface area (Å²) in [6, 6.07) is 15.8. The van der Waals surface area contributed by atoms with Crippen molar-refractivity contribution in [1.82, 2.24) is 0 Å². The highest BCUT2D eigenvalue weighted by molar-refractivity contribution is 6.96. The van der Waals surface area contributed by atoms with E-state index in [-0.39, 0.29) is 0 Å². The molecule has 0 aliphatic carbocycles. The minimum absolute atomic E-state index is 0.616. The van der Waals surface area contributed by atoms with Crippen molar-refractivity contribution >= 4 is 26.5 Å². The molecule has 0 aliphatic heterocycles. The highest BCUT2D eigenvalue weighted by Gasteiger charge is 2.31. The van der Waals surface area contributed by atoms with Gasteiger partial charge in [-0.25, -0.2) is 0 Å². The van der Waals surface area contributed by atoms with E-state index in [2.05, 4.69) is 55.5 Å². The van der Waals surface area contributed by atoms with Crippen molar-refractivity contribution < 1.29 is 13.2 Å². The second-order valence-electron chi connectivity index (χ2n) is 7.39. The average molecular weight is 389 g/mol. The van der Waals surface area contributed by atoms with Gasteiger partial charge >= 0.3 is 6.18 Å². The molecule has 0 N–H and O–H groups in total. The Balaban J connectivity index is 2.15. The van der Waals surface area contributed by atoms with Crippen LogP contribution in [0, 0.1) is 11.5 Å². The zero-order valence-electron chi connectivity index (χ0n) is 15.5. The van der Waals surface area contributed by atoms with Gasteiger partial charge in [0, 0.05) is 0 Å². The van der Waals surface area contributed by atoms with Gasteiger partial charge in [0.2, 0.25) is 0 Å². The topological polar surface area (TPSA) is 0 Å². The van der Waals surface area contributed by atoms with Crippen LogP contribution in [-0.4, -0.2) is 16.1 Å². The highest BCUT2D eigenvalue weighted by Crippen LogP contribution is 2.28. The van der Waals surface area contributed by atoms with Gasteiger partial charge in [0.1, 0.15) is 8.07 Å². The van der Waals surface area contributed by atoms with Gasteiger partial charge in [-0.3, -0.25) is 0 Å². The Morgan fingerprint density at radius 3 is 1.92 bits per heavy atom. The summed E-state index contributed by atoms with van der Waals surface area (Å²) in [7, 11) is -3.78. The zero-order chi connectivity index (χ0) is 19.4. The molecule has 0 saturated carbocycles. The molecule has 0 aromatic heterocycles. The standard InChI is InChI=1S/C21H23F3Si2/c1-25(2,19-10-6-5-7-11-19)16-8-9-17-26(3,4)20-14-12-18(13-15-20)21(22,23)24/h5-8,10-16H,1-4H3/b16-8+. The van der Waals surface area contributed by atoms with Crippen LogP contribution in [0.15, 0.2) is 66.4 Å². The first-order valence-corrected chi connectivity index (χ1v) is 14.5. The van der Waals surface area contributed by atoms with Crippen molar-refractivity contribution in [2.75, 3.05) is 0 Å². The summed E-state index contributed by atoms with van der Waals surface area (Å²) < 4.78 is 38.1. The largest absolute Gasteiger partial charge is 0.416 e. The molecular weight excluding hydrogens is 365 g/mol. The lowest BCUT2D eigenvalue weighted by molar-refractivity contribution is -0.137. The first-order chi connectivity index (χ1) is 12.0. The molecule has 136 valence electrons. The molecule has 2 aromatic rings. The molecule has 0 aliphatic rings. The summed E-state index contributed by atoms with van der Waals surface area (Å²) in [5, 5.41) is 2.25. The number of hydrogen-bond acceptors (Lipinski definition) is 0. The van der Waals surface area contributed by atoms with E-state index in [1.807, 2.05) is 24.3 Å². The molecule has 0 amide bonds. The fraction of sp³-hybridized carbons (Fsp3) is 0.238. The third-order valence-electron chi connectivity index (χ3n) is 4.42. The molecule has 5 heteroatoms. The van der Waals surface area contributed by atoms with Crippen LogP contribution in [0.5, 0.6) is 0 Å². The van der Waals surface area contributed by atoms with Crippen molar-refractivity contribution in [3.8, 4) is 11.5 Å². The van der Waals surface area contributed by atoms with Crippen molar-refractivity contribution in [3.63, 3.8) is 0 Å². The number of benzene rings is 2. The van der Waals surface area contributed by atoms with Crippen LogP contribution in [0.2, 0.25) is 26.2 Å². The SMILES string of the molecule is C[Si](C)(C#C/C=C/[Si](C)(C)c1ccccc1)c1ccc(C(F)(F)F)cc1. The van der Waals surface area contributed by atoms with Gasteiger partial charge in [0.25, 0.3) is 0 Å². The maximum atomic E-state index is 12.7. The van der Waals surface area contributed by atoms with Crippen LogP contribution in [0.3, 0.4) is 0 Å². The molecule has 0 atom stereocenters. The molecule has 2 aromatic carbocycles. The van der Waals surface area contributed by atoms with Gasteiger partial charge in [-0.05, 0) is 11.3 Å². The third-order valence-corrected chi connectivity index (χ3v) is 9.79. The lowest BCUT2D eigenvalue weighted by Crippen LogP contribution is -2.40. The smallest absolute Gasteiger partial charge is 0.166 e. The number of alkyl halides is 3. The van der Waals surface area contributed by atoms with Crippen molar-refractivity contribution in [3.05, 3.63) is 71.9 Å². The first-order valence-electron chi connectivity index (χ1n) is 8.46. The zero-order valence-corrected chi connectivity index (χ0v) is 17.5. The van der Waals surface area contributed by atoms with Gasteiger partial charge < -0.3 is 0 Å². The predicted molar refractivity (Wildman–Crippen MR) is 109 cm³/mol. The molecule has 26 heavy (non-hydrogen) atoms. The van der Waals surface area contributed by atoms with Crippen molar-refractivity contribution in [2.45, 2.75) is 32.4 Å². The van der Waals surface area contributed by atoms with Gasteiger partial charge in [-0.15, -0.1) is 5.54 Å². The Hall–Kier alpha value is -2.04. The Bertz CT molecular complexity index is 822. The highest BCUT2D eigenvalue weighted by atomic mass is 28.3. The van der Waals surface area contributed by atoms with Crippen LogP contribution in [-0.2, 0) is 6.18 Å². The van der Waals surface area contributed by atoms with E-state index in [9.17, 15) is 13.2 Å². The van der Waals surface area contributed by atoms with Gasteiger partial charge in [0.15, 0.2) is 8.07 Å². The number of hydrogen-bond donors (Lipinski definition) is 0. The maximum absolute atomic E-state index is 12.7. The van der Waals surface area contributed by atoms with Crippen molar-refractivity contribution in [1.29, 1.82) is 0 Å². The molecule has 0 fully saturated rings. The van der Waals surface area contributed by atoms with E-state index in [0.717, 1.165) is 17.3 Å². The minimum atomic E-state index is -4.30. The van der Waals surface area contributed by atoms with E-state index in [1.54, 1.807) is 12.1 Å². The first kappa shape index (κ1) is 20.3. The Labute approximate surface area is 155 Å². The van der Waals surface area contributed by atoms with E-state index in [1.165, 1.54) is 5.19 Å². The van der Waals surface area contributed by atoms with Crippen molar-refractivity contribution in [2.24, 2.45) is 0 Å². The summed E-state index contributed by atoms with van der Waals surface area (Å²) >= 11 is 0. The van der Waals surface area contributed by atoms with E-state index in [4.69, 9.17) is 0 Å². The lowest BCUT2D eigenvalue weighted by atomic mass is 10.2. The van der Waals surface area contributed by atoms with E-state index in [0.29, 0.717) is 0 Å². The summed E-state index contributed by atoms with van der Waals surface area (Å²) in [6.45, 7) is 8.63. The summed E-state index contributed by atoms with van der Waals surface area (Å²) in [5.74, 6) is 3.14.